The Morgan fingerprint density at radius 2 is 2.07 bits per heavy atom. The van der Waals surface area contributed by atoms with Crippen molar-refractivity contribution in [2.75, 3.05) is 11.9 Å². The average molecular weight is 399 g/mol. The van der Waals surface area contributed by atoms with Crippen molar-refractivity contribution in [1.82, 2.24) is 5.32 Å². The molecule has 1 aromatic carbocycles. The third-order valence-corrected chi connectivity index (χ3v) is 4.58. The maximum Gasteiger partial charge on any atom is 0.407 e. The van der Waals surface area contributed by atoms with Crippen LogP contribution in [0.4, 0.5) is 16.2 Å². The zero-order chi connectivity index (χ0) is 21.4. The lowest BCUT2D eigenvalue weighted by molar-refractivity contribution is 0.0488. The number of amides is 1. The highest BCUT2D eigenvalue weighted by Crippen LogP contribution is 2.27. The van der Waals surface area contributed by atoms with E-state index in [9.17, 15) is 10.1 Å². The van der Waals surface area contributed by atoms with Crippen molar-refractivity contribution in [1.29, 1.82) is 10.7 Å². The summed E-state index contributed by atoms with van der Waals surface area (Å²) >= 11 is 0. The molecule has 5 N–H and O–H groups in total. The summed E-state index contributed by atoms with van der Waals surface area (Å²) in [7, 11) is 0. The number of ether oxygens (including phenoxy) is 1. The Morgan fingerprint density at radius 3 is 2.66 bits per heavy atom. The van der Waals surface area contributed by atoms with Crippen LogP contribution < -0.4 is 16.4 Å². The van der Waals surface area contributed by atoms with Gasteiger partial charge in [-0.15, -0.1) is 0 Å². The van der Waals surface area contributed by atoms with E-state index in [1.807, 2.05) is 26.8 Å². The van der Waals surface area contributed by atoms with Gasteiger partial charge >= 0.3 is 6.09 Å². The van der Waals surface area contributed by atoms with Gasteiger partial charge in [-0.25, -0.2) is 9.79 Å². The normalized spacial score (nSPS) is 19.8. The average Bonchev–Trinajstić information content (AvgIpc) is 2.66. The molecule has 0 aromatic heterocycles. The molecule has 0 spiro atoms. The number of nitrogens with zero attached hydrogens (tertiary/aromatic N) is 2. The van der Waals surface area contributed by atoms with Crippen molar-refractivity contribution in [3.05, 3.63) is 23.8 Å². The molecule has 29 heavy (non-hydrogen) atoms. The fourth-order valence-corrected chi connectivity index (χ4v) is 3.25. The van der Waals surface area contributed by atoms with Gasteiger partial charge < -0.3 is 26.5 Å². The smallest absolute Gasteiger partial charge is 0.407 e. The van der Waals surface area contributed by atoms with Gasteiger partial charge in [0.15, 0.2) is 0 Å². The third-order valence-electron chi connectivity index (χ3n) is 4.58. The molecule has 1 aliphatic rings. The van der Waals surface area contributed by atoms with Gasteiger partial charge in [0.25, 0.3) is 0 Å². The van der Waals surface area contributed by atoms with Gasteiger partial charge in [-0.1, -0.05) is 12.8 Å². The Bertz CT molecular complexity index is 806. The van der Waals surface area contributed by atoms with Crippen LogP contribution in [0.5, 0.6) is 0 Å². The number of alkyl carbamates (subject to hydrolysis) is 1. The molecule has 2 rings (SSSR count). The molecular formula is C21H30N6O2. The number of aliphatic imine (C=N–C) groups is 1. The molecule has 1 aliphatic carbocycles. The molecule has 1 fully saturated rings. The monoisotopic (exact) mass is 398 g/mol. The van der Waals surface area contributed by atoms with Crippen molar-refractivity contribution in [3.8, 4) is 6.07 Å². The third kappa shape index (κ3) is 6.88. The van der Waals surface area contributed by atoms with E-state index in [0.29, 0.717) is 17.0 Å². The lowest BCUT2D eigenvalue weighted by Crippen LogP contribution is -2.49. The van der Waals surface area contributed by atoms with E-state index < -0.39 is 11.7 Å². The SMILES string of the molecule is CC(C)(C)OC(=O)NC1CCCCC1Nc1ccc(C#N)c(N=C(C=N)CN)c1. The predicted octanol–water partition coefficient (Wildman–Crippen LogP) is 3.49. The van der Waals surface area contributed by atoms with E-state index >= 15 is 0 Å². The summed E-state index contributed by atoms with van der Waals surface area (Å²) in [6.45, 7) is 5.64. The van der Waals surface area contributed by atoms with Gasteiger partial charge in [0.2, 0.25) is 0 Å². The molecule has 0 aliphatic heterocycles. The second kappa shape index (κ2) is 10.0. The Morgan fingerprint density at radius 1 is 1.38 bits per heavy atom. The summed E-state index contributed by atoms with van der Waals surface area (Å²) in [5.41, 5.74) is 7.11. The van der Waals surface area contributed by atoms with Crippen LogP contribution in [-0.4, -0.2) is 42.2 Å². The van der Waals surface area contributed by atoms with Crippen LogP contribution in [0.1, 0.15) is 52.0 Å². The van der Waals surface area contributed by atoms with Crippen LogP contribution in [0.2, 0.25) is 0 Å². The summed E-state index contributed by atoms with van der Waals surface area (Å²) in [4.78, 5) is 16.5. The summed E-state index contributed by atoms with van der Waals surface area (Å²) in [6, 6.07) is 7.39. The van der Waals surface area contributed by atoms with Crippen molar-refractivity contribution in [2.45, 2.75) is 64.1 Å². The summed E-state index contributed by atoms with van der Waals surface area (Å²) < 4.78 is 5.39. The maximum atomic E-state index is 12.2. The van der Waals surface area contributed by atoms with Crippen LogP contribution in [0.3, 0.4) is 0 Å². The fourth-order valence-electron chi connectivity index (χ4n) is 3.25. The summed E-state index contributed by atoms with van der Waals surface area (Å²) in [5.74, 6) is 0. The number of anilines is 1. The Labute approximate surface area is 172 Å². The molecule has 156 valence electrons. The van der Waals surface area contributed by atoms with Gasteiger partial charge in [0.1, 0.15) is 11.7 Å². The quantitative estimate of drug-likeness (QED) is 0.544. The molecule has 1 amide bonds. The predicted molar refractivity (Wildman–Crippen MR) is 115 cm³/mol. The number of hydrogen-bond donors (Lipinski definition) is 4. The summed E-state index contributed by atoms with van der Waals surface area (Å²) in [5, 5.41) is 23.1. The van der Waals surface area contributed by atoms with E-state index in [1.165, 1.54) is 0 Å². The van der Waals surface area contributed by atoms with Crippen molar-refractivity contribution in [2.24, 2.45) is 10.7 Å². The van der Waals surface area contributed by atoms with Gasteiger partial charge in [0.05, 0.1) is 23.0 Å². The van der Waals surface area contributed by atoms with Crippen molar-refractivity contribution >= 4 is 29.4 Å². The number of carbonyl (C=O) groups is 1. The standard InChI is InChI=1S/C21H30N6O2/c1-21(2,3)29-20(28)27-18-7-5-4-6-17(18)25-15-9-8-14(11-22)19(10-15)26-16(12-23)13-24/h8-10,12,17-18,23,25H,4-7,13,24H2,1-3H3,(H,27,28). The van der Waals surface area contributed by atoms with Crippen LogP contribution in [0, 0.1) is 16.7 Å². The highest BCUT2D eigenvalue weighted by molar-refractivity contribution is 6.31. The molecule has 0 bridgehead atoms. The second-order valence-electron chi connectivity index (χ2n) is 8.08. The van der Waals surface area contributed by atoms with Gasteiger partial charge in [-0.05, 0) is 51.8 Å². The first-order valence-electron chi connectivity index (χ1n) is 9.84. The van der Waals surface area contributed by atoms with E-state index in [-0.39, 0.29) is 18.6 Å². The first-order valence-corrected chi connectivity index (χ1v) is 9.84. The van der Waals surface area contributed by atoms with Crippen LogP contribution in [0.15, 0.2) is 23.2 Å². The molecule has 0 saturated heterocycles. The second-order valence-corrected chi connectivity index (χ2v) is 8.08. The first kappa shape index (κ1) is 22.4. The van der Waals surface area contributed by atoms with Crippen LogP contribution in [-0.2, 0) is 4.74 Å². The molecule has 8 heteroatoms. The van der Waals surface area contributed by atoms with E-state index in [1.54, 1.807) is 12.1 Å². The van der Waals surface area contributed by atoms with E-state index in [4.69, 9.17) is 15.9 Å². The number of carbonyl (C=O) groups excluding carboxylic acids is 1. The molecular weight excluding hydrogens is 368 g/mol. The minimum atomic E-state index is -0.544. The minimum absolute atomic E-state index is 0.0396. The number of benzene rings is 1. The zero-order valence-corrected chi connectivity index (χ0v) is 17.3. The van der Waals surface area contributed by atoms with Crippen molar-refractivity contribution < 1.29 is 9.53 Å². The molecule has 1 aromatic rings. The van der Waals surface area contributed by atoms with Crippen LogP contribution >= 0.6 is 0 Å². The van der Waals surface area contributed by atoms with Gasteiger partial charge in [-0.3, -0.25) is 0 Å². The zero-order valence-electron chi connectivity index (χ0n) is 17.3. The molecule has 0 radical (unpaired) electrons. The molecule has 8 nitrogen and oxygen atoms in total. The number of nitriles is 1. The number of hydrogen-bond acceptors (Lipinski definition) is 7. The van der Waals surface area contributed by atoms with Crippen molar-refractivity contribution in [3.63, 3.8) is 0 Å². The highest BCUT2D eigenvalue weighted by Gasteiger charge is 2.28. The van der Waals surface area contributed by atoms with Crippen LogP contribution in [0.25, 0.3) is 0 Å². The lowest BCUT2D eigenvalue weighted by Gasteiger charge is -2.34. The largest absolute Gasteiger partial charge is 0.444 e. The number of rotatable bonds is 6. The topological polar surface area (TPSA) is 136 Å². The molecule has 2 atom stereocenters. The van der Waals surface area contributed by atoms with Gasteiger partial charge in [0, 0.05) is 24.5 Å². The van der Waals surface area contributed by atoms with Gasteiger partial charge in [-0.2, -0.15) is 5.26 Å². The molecule has 1 saturated carbocycles. The number of nitrogens with two attached hydrogens (primary N) is 1. The minimum Gasteiger partial charge on any atom is -0.444 e. The Hall–Kier alpha value is -2.92. The Balaban J connectivity index is 2.17. The Kier molecular flexibility index (Phi) is 7.74. The maximum absolute atomic E-state index is 12.2. The molecule has 2 unspecified atom stereocenters. The summed E-state index contributed by atoms with van der Waals surface area (Å²) in [6.07, 6.45) is 4.55. The lowest BCUT2D eigenvalue weighted by atomic mass is 9.90. The van der Waals surface area contributed by atoms with E-state index in [0.717, 1.165) is 37.6 Å². The van der Waals surface area contributed by atoms with E-state index in [2.05, 4.69) is 21.7 Å². The molecule has 0 heterocycles. The fraction of sp³-hybridized carbons (Fsp3) is 0.524. The first-order chi connectivity index (χ1) is 13.8. The highest BCUT2D eigenvalue weighted by atomic mass is 16.6. The number of nitrogens with one attached hydrogen (secondary N) is 3.